The van der Waals surface area contributed by atoms with Gasteiger partial charge in [0.15, 0.2) is 11.6 Å². The Kier molecular flexibility index (Phi) is 19.5. The highest BCUT2D eigenvalue weighted by atomic mass is 16.3. The summed E-state index contributed by atoms with van der Waals surface area (Å²) >= 11 is 0. The number of nitrogens with zero attached hydrogens (tertiary/aromatic N) is 6. The maximum absolute atomic E-state index is 6.39. The van der Waals surface area contributed by atoms with Crippen molar-refractivity contribution < 1.29 is 4.42 Å². The monoisotopic (exact) mass is 1590 g/mol. The number of hydrogen-bond donors (Lipinski definition) is 0. The second-order valence-electron chi connectivity index (χ2n) is 31.5. The number of aromatic nitrogens is 6. The Morgan fingerprint density at radius 2 is 0.440 bits per heavy atom. The van der Waals surface area contributed by atoms with Gasteiger partial charge in [0, 0.05) is 104 Å². The summed E-state index contributed by atoms with van der Waals surface area (Å²) in [5.74, 6) is 1.35. The zero-order valence-electron chi connectivity index (χ0n) is 68.0. The molecule has 5 heterocycles. The Hall–Kier alpha value is -16.7. The standard InChI is InChI=1S/C59H37N3O.C59H39N3/c1-4-16-38(17-5-1)45-25-13-29-50-55(45)51-30-14-26-46(57(51)62-56(50)41-18-6-2-7-19-41)43-22-12-23-44(36-43)53-37-52(60-59(61-53)42-20-8-3-9-21-42)40-34-32-39(33-35-40)47-27-15-28-49-48-24-10-11-31-54(48)63-58(47)49;1-6-19-40(20-7-1)47-36-48(41-21-8-2-9-22-41)38-49(37-47)55-39-54(60-59(61-55)44-27-14-5-15-28-44)46-30-16-29-45(35-46)51-32-18-34-53-56-50(42-23-10-3-11-24-42)31-17-33-52(56)57(62-58(51)53)43-25-12-4-13-26-43/h1-37H;1-39H. The minimum atomic E-state index is 0.670. The van der Waals surface area contributed by atoms with Gasteiger partial charge in [0.05, 0.1) is 45.2 Å². The first-order chi connectivity index (χ1) is 62.0. The van der Waals surface area contributed by atoms with E-state index in [1.165, 1.54) is 33.0 Å². The van der Waals surface area contributed by atoms with Crippen molar-refractivity contribution in [1.82, 2.24) is 29.9 Å². The minimum absolute atomic E-state index is 0.670. The molecule has 23 rings (SSSR count). The zero-order valence-corrected chi connectivity index (χ0v) is 68.0. The molecule has 0 amide bonds. The van der Waals surface area contributed by atoms with Crippen LogP contribution in [0.4, 0.5) is 0 Å². The van der Waals surface area contributed by atoms with E-state index < -0.39 is 0 Å². The van der Waals surface area contributed by atoms with Crippen LogP contribution in [0.25, 0.3) is 233 Å². The minimum Gasteiger partial charge on any atom is -0.455 e. The molecule has 7 heteroatoms. The Balaban J connectivity index is 0.000000148. The van der Waals surface area contributed by atoms with Crippen LogP contribution in [0.2, 0.25) is 0 Å². The summed E-state index contributed by atoms with van der Waals surface area (Å²) in [5.41, 5.74) is 32.8. The van der Waals surface area contributed by atoms with E-state index in [1.807, 2.05) is 48.5 Å². The van der Waals surface area contributed by atoms with E-state index in [4.69, 9.17) is 34.3 Å². The lowest BCUT2D eigenvalue weighted by molar-refractivity contribution is 0.670. The molecule has 18 aromatic carbocycles. The third kappa shape index (κ3) is 14.5. The summed E-state index contributed by atoms with van der Waals surface area (Å²) in [6, 6.07) is 162. The average molecular weight is 1590 g/mol. The highest BCUT2D eigenvalue weighted by Gasteiger charge is 2.23. The van der Waals surface area contributed by atoms with Gasteiger partial charge in [-0.3, -0.25) is 0 Å². The SMILES string of the molecule is c1ccc(-c2cc(-c3ccccc3)cc(-c3cc(-c4cccc(-c5cccc6c5nc(-c5ccccc5)c5cccc(-c7ccccc7)c56)c4)nc(-c4ccccc4)n3)c2)cc1.c1ccc(-c2nc(-c3ccc(-c4cccc5c4oc4ccccc45)cc3)cc(-c3cccc(-c4cccc5c4nc(-c4ccccc4)c4cccc(-c6ccccc6)c45)c3)n2)cc1. The summed E-state index contributed by atoms with van der Waals surface area (Å²) in [7, 11) is 0. The van der Waals surface area contributed by atoms with Crippen molar-refractivity contribution >= 4 is 65.3 Å². The van der Waals surface area contributed by atoms with Gasteiger partial charge in [0.2, 0.25) is 0 Å². The Bertz CT molecular complexity index is 7910. The first kappa shape index (κ1) is 74.5. The van der Waals surface area contributed by atoms with Crippen LogP contribution in [-0.4, -0.2) is 29.9 Å². The molecule has 0 atom stereocenters. The fourth-order valence-electron chi connectivity index (χ4n) is 17.7. The van der Waals surface area contributed by atoms with Crippen LogP contribution >= 0.6 is 0 Å². The summed E-state index contributed by atoms with van der Waals surface area (Å²) in [4.78, 5) is 32.0. The predicted octanol–water partition coefficient (Wildman–Crippen LogP) is 31.3. The molecule has 5 aromatic heterocycles. The molecule has 0 radical (unpaired) electrons. The molecule has 0 saturated heterocycles. The third-order valence-electron chi connectivity index (χ3n) is 23.8. The fraction of sp³-hybridized carbons (Fsp3) is 0. The lowest BCUT2D eigenvalue weighted by Crippen LogP contribution is -1.97. The normalized spacial score (nSPS) is 11.4. The molecule has 584 valence electrons. The van der Waals surface area contributed by atoms with Crippen molar-refractivity contribution in [1.29, 1.82) is 0 Å². The van der Waals surface area contributed by atoms with Crippen molar-refractivity contribution in [2.75, 3.05) is 0 Å². The van der Waals surface area contributed by atoms with Gasteiger partial charge in [-0.25, -0.2) is 29.9 Å². The molecule has 0 aliphatic heterocycles. The quantitative estimate of drug-likeness (QED) is 0.0945. The Morgan fingerprint density at radius 1 is 0.152 bits per heavy atom. The van der Waals surface area contributed by atoms with Crippen LogP contribution in [0.15, 0.2) is 465 Å². The van der Waals surface area contributed by atoms with Crippen LogP contribution in [0.1, 0.15) is 0 Å². The molecule has 0 saturated carbocycles. The van der Waals surface area contributed by atoms with E-state index >= 15 is 0 Å². The Labute approximate surface area is 724 Å². The average Bonchev–Trinajstić information content (AvgIpc) is 1.25. The molecule has 0 spiro atoms. The van der Waals surface area contributed by atoms with Gasteiger partial charge in [-0.1, -0.05) is 413 Å². The van der Waals surface area contributed by atoms with Gasteiger partial charge in [-0.15, -0.1) is 0 Å². The number of pyridine rings is 2. The second-order valence-corrected chi connectivity index (χ2v) is 31.5. The smallest absolute Gasteiger partial charge is 0.160 e. The van der Waals surface area contributed by atoms with Gasteiger partial charge in [0.1, 0.15) is 11.2 Å². The predicted molar refractivity (Wildman–Crippen MR) is 518 cm³/mol. The van der Waals surface area contributed by atoms with Crippen molar-refractivity contribution in [3.8, 4) is 168 Å². The fourth-order valence-corrected chi connectivity index (χ4v) is 17.7. The number of hydrogen-bond acceptors (Lipinski definition) is 7. The molecule has 0 fully saturated rings. The molecular weight excluding hydrogens is 1520 g/mol. The second kappa shape index (κ2) is 32.8. The topological polar surface area (TPSA) is 90.5 Å². The van der Waals surface area contributed by atoms with Crippen molar-refractivity contribution in [2.45, 2.75) is 0 Å². The molecule has 0 aliphatic carbocycles. The molecule has 23 aromatic rings. The molecule has 125 heavy (non-hydrogen) atoms. The van der Waals surface area contributed by atoms with Gasteiger partial charge in [-0.05, 0) is 110 Å². The lowest BCUT2D eigenvalue weighted by atomic mass is 9.91. The molecule has 0 bridgehead atoms. The highest BCUT2D eigenvalue weighted by Crippen LogP contribution is 2.46. The van der Waals surface area contributed by atoms with Crippen LogP contribution in [0.3, 0.4) is 0 Å². The molecule has 0 aliphatic rings. The van der Waals surface area contributed by atoms with E-state index in [9.17, 15) is 0 Å². The summed E-state index contributed by atoms with van der Waals surface area (Å²) in [6.45, 7) is 0. The summed E-state index contributed by atoms with van der Waals surface area (Å²) < 4.78 is 6.39. The van der Waals surface area contributed by atoms with Gasteiger partial charge in [-0.2, -0.15) is 0 Å². The highest BCUT2D eigenvalue weighted by molar-refractivity contribution is 6.21. The van der Waals surface area contributed by atoms with E-state index in [1.54, 1.807) is 0 Å². The largest absolute Gasteiger partial charge is 0.455 e. The molecule has 7 nitrogen and oxygen atoms in total. The third-order valence-corrected chi connectivity index (χ3v) is 23.8. The number of rotatable bonds is 15. The van der Waals surface area contributed by atoms with Gasteiger partial charge >= 0.3 is 0 Å². The summed E-state index contributed by atoms with van der Waals surface area (Å²) in [5, 5.41) is 9.11. The van der Waals surface area contributed by atoms with Gasteiger partial charge in [0.25, 0.3) is 0 Å². The maximum atomic E-state index is 6.39. The first-order valence-electron chi connectivity index (χ1n) is 42.3. The van der Waals surface area contributed by atoms with Crippen molar-refractivity contribution in [3.05, 3.63) is 461 Å². The van der Waals surface area contributed by atoms with Crippen molar-refractivity contribution in [3.63, 3.8) is 0 Å². The van der Waals surface area contributed by atoms with Crippen LogP contribution in [0.5, 0.6) is 0 Å². The number of fused-ring (bicyclic) bond motifs is 9. The zero-order chi connectivity index (χ0) is 82.9. The maximum Gasteiger partial charge on any atom is 0.160 e. The van der Waals surface area contributed by atoms with E-state index in [0.29, 0.717) is 11.6 Å². The first-order valence-corrected chi connectivity index (χ1v) is 42.3. The van der Waals surface area contributed by atoms with Gasteiger partial charge < -0.3 is 4.42 Å². The Morgan fingerprint density at radius 3 is 0.880 bits per heavy atom. The van der Waals surface area contributed by atoms with Crippen LogP contribution in [0, 0.1) is 0 Å². The summed E-state index contributed by atoms with van der Waals surface area (Å²) in [6.07, 6.45) is 0. The number of benzene rings is 18. The van der Waals surface area contributed by atoms with Crippen molar-refractivity contribution in [2.24, 2.45) is 0 Å². The van der Waals surface area contributed by atoms with Crippen LogP contribution < -0.4 is 0 Å². The molecule has 0 unspecified atom stereocenters. The number of para-hydroxylation sites is 4. The lowest BCUT2D eigenvalue weighted by Gasteiger charge is -2.17. The molecular formula is C118H76N6O. The van der Waals surface area contributed by atoms with Crippen LogP contribution in [-0.2, 0) is 0 Å². The van der Waals surface area contributed by atoms with E-state index in [-0.39, 0.29) is 0 Å². The van der Waals surface area contributed by atoms with E-state index in [0.717, 1.165) is 189 Å². The molecule has 0 N–H and O–H groups in total. The number of furan rings is 1. The van der Waals surface area contributed by atoms with E-state index in [2.05, 4.69) is 413 Å².